The fourth-order valence-electron chi connectivity index (χ4n) is 3.71. The van der Waals surface area contributed by atoms with Gasteiger partial charge in [0.05, 0.1) is 18.1 Å². The summed E-state index contributed by atoms with van der Waals surface area (Å²) in [5, 5.41) is 10.6. The molecule has 0 N–H and O–H groups in total. The van der Waals surface area contributed by atoms with Crippen molar-refractivity contribution in [3.05, 3.63) is 52.6 Å². The smallest absolute Gasteiger partial charge is 0.131 e. The summed E-state index contributed by atoms with van der Waals surface area (Å²) in [5.74, 6) is 5.91. The molecule has 140 valence electrons. The molecule has 0 unspecified atom stereocenters. The summed E-state index contributed by atoms with van der Waals surface area (Å²) >= 11 is 0. The van der Waals surface area contributed by atoms with Gasteiger partial charge in [0.25, 0.3) is 0 Å². The Kier molecular flexibility index (Phi) is 4.69. The first kappa shape index (κ1) is 18.9. The number of carbonyl (C=O) groups excluding carboxylic acids is 1. The van der Waals surface area contributed by atoms with E-state index in [1.165, 1.54) is 12.4 Å². The van der Waals surface area contributed by atoms with Gasteiger partial charge >= 0.3 is 0 Å². The summed E-state index contributed by atoms with van der Waals surface area (Å²) < 4.78 is 6.17. The quantitative estimate of drug-likeness (QED) is 0.766. The van der Waals surface area contributed by atoms with Crippen molar-refractivity contribution in [3.63, 3.8) is 0 Å². The van der Waals surface area contributed by atoms with Gasteiger partial charge in [0, 0.05) is 23.5 Å². The van der Waals surface area contributed by atoms with Crippen LogP contribution in [0.4, 0.5) is 0 Å². The Morgan fingerprint density at radius 3 is 2.56 bits per heavy atom. The summed E-state index contributed by atoms with van der Waals surface area (Å²) in [6, 6.07) is 4.15. The molecule has 0 bridgehead atoms. The fourth-order valence-corrected chi connectivity index (χ4v) is 3.71. The second-order valence-corrected chi connectivity index (χ2v) is 8.28. The number of fused-ring (bicyclic) bond motifs is 1. The van der Waals surface area contributed by atoms with Crippen molar-refractivity contribution in [2.45, 2.75) is 58.5 Å². The largest absolute Gasteiger partial charge is 0.550 e. The van der Waals surface area contributed by atoms with Gasteiger partial charge in [0.2, 0.25) is 0 Å². The van der Waals surface area contributed by atoms with E-state index in [4.69, 9.17) is 4.74 Å². The van der Waals surface area contributed by atoms with Crippen LogP contribution in [0.3, 0.4) is 0 Å². The first-order valence-electron chi connectivity index (χ1n) is 8.93. The van der Waals surface area contributed by atoms with E-state index < -0.39 is 5.97 Å². The Hall–Kier alpha value is -2.87. The molecule has 0 radical (unpaired) electrons. The molecule has 1 aromatic carbocycles. The third-order valence-corrected chi connectivity index (χ3v) is 4.67. The zero-order chi connectivity index (χ0) is 19.8. The minimum absolute atomic E-state index is 0.00641. The van der Waals surface area contributed by atoms with Crippen molar-refractivity contribution in [3.8, 4) is 17.6 Å². The van der Waals surface area contributed by atoms with E-state index >= 15 is 0 Å². The second-order valence-electron chi connectivity index (χ2n) is 8.28. The maximum absolute atomic E-state index is 10.6. The molecular weight excluding hydrogens is 340 g/mol. The second kappa shape index (κ2) is 6.70. The summed E-state index contributed by atoms with van der Waals surface area (Å²) in [5.41, 5.74) is 3.76. The average Bonchev–Trinajstić information content (AvgIpc) is 2.52. The van der Waals surface area contributed by atoms with Crippen molar-refractivity contribution in [2.75, 3.05) is 0 Å². The number of benzene rings is 1. The Morgan fingerprint density at radius 2 is 1.93 bits per heavy atom. The van der Waals surface area contributed by atoms with Crippen LogP contribution in [0, 0.1) is 18.8 Å². The number of rotatable bonds is 2. The SMILES string of the molecule is Cc1cc2c(cc1C#Cc1cnc(CC(=O)[O-])cn1)C(C)(C)CC(C)(C)O2. The molecule has 3 rings (SSSR count). The van der Waals surface area contributed by atoms with Crippen molar-refractivity contribution >= 4 is 5.97 Å². The summed E-state index contributed by atoms with van der Waals surface area (Å²) in [6.45, 7) is 10.7. The van der Waals surface area contributed by atoms with Crippen molar-refractivity contribution in [1.29, 1.82) is 0 Å². The number of hydrogen-bond donors (Lipinski definition) is 0. The first-order valence-corrected chi connectivity index (χ1v) is 8.93. The lowest BCUT2D eigenvalue weighted by molar-refractivity contribution is -0.304. The predicted octanol–water partition coefficient (Wildman–Crippen LogP) is 2.32. The van der Waals surface area contributed by atoms with Gasteiger partial charge in [-0.15, -0.1) is 0 Å². The summed E-state index contributed by atoms with van der Waals surface area (Å²) in [4.78, 5) is 18.8. The molecule has 0 saturated carbocycles. The number of aromatic nitrogens is 2. The molecule has 1 aliphatic rings. The van der Waals surface area contributed by atoms with E-state index in [9.17, 15) is 9.90 Å². The minimum atomic E-state index is -1.18. The average molecular weight is 363 g/mol. The molecule has 5 nitrogen and oxygen atoms in total. The zero-order valence-corrected chi connectivity index (χ0v) is 16.3. The Balaban J connectivity index is 1.92. The van der Waals surface area contributed by atoms with Crippen molar-refractivity contribution in [2.24, 2.45) is 0 Å². The molecule has 2 aromatic rings. The van der Waals surface area contributed by atoms with Crippen LogP contribution in [0.2, 0.25) is 0 Å². The predicted molar refractivity (Wildman–Crippen MR) is 100 cm³/mol. The third kappa shape index (κ3) is 4.28. The maximum atomic E-state index is 10.6. The molecule has 5 heteroatoms. The van der Waals surface area contributed by atoms with Crippen LogP contribution in [-0.4, -0.2) is 21.5 Å². The first-order chi connectivity index (χ1) is 12.6. The van der Waals surface area contributed by atoms with Crippen LogP contribution >= 0.6 is 0 Å². The van der Waals surface area contributed by atoms with Gasteiger partial charge in [-0.2, -0.15) is 0 Å². The Labute approximate surface area is 159 Å². The maximum Gasteiger partial charge on any atom is 0.131 e. The van der Waals surface area contributed by atoms with E-state index in [-0.39, 0.29) is 17.4 Å². The molecular formula is C22H23N2O3-. The number of hydrogen-bond acceptors (Lipinski definition) is 5. The van der Waals surface area contributed by atoms with Gasteiger partial charge in [-0.05, 0) is 56.2 Å². The van der Waals surface area contributed by atoms with Gasteiger partial charge < -0.3 is 14.6 Å². The van der Waals surface area contributed by atoms with E-state index in [2.05, 4.69) is 61.6 Å². The molecule has 1 aliphatic heterocycles. The fraction of sp³-hybridized carbons (Fsp3) is 0.409. The molecule has 0 spiro atoms. The van der Waals surface area contributed by atoms with Gasteiger partial charge in [-0.25, -0.2) is 4.98 Å². The topological polar surface area (TPSA) is 75.1 Å². The zero-order valence-electron chi connectivity index (χ0n) is 16.3. The molecule has 1 aromatic heterocycles. The van der Waals surface area contributed by atoms with Crippen molar-refractivity contribution < 1.29 is 14.6 Å². The lowest BCUT2D eigenvalue weighted by Crippen LogP contribution is -2.41. The number of aryl methyl sites for hydroxylation is 1. The number of ether oxygens (including phenoxy) is 1. The van der Waals surface area contributed by atoms with Crippen molar-refractivity contribution in [1.82, 2.24) is 9.97 Å². The lowest BCUT2D eigenvalue weighted by Gasteiger charge is -2.42. The monoisotopic (exact) mass is 363 g/mol. The Bertz CT molecular complexity index is 948. The summed E-state index contributed by atoms with van der Waals surface area (Å²) in [7, 11) is 0. The van der Waals surface area contributed by atoms with E-state index in [0.717, 1.165) is 28.9 Å². The minimum Gasteiger partial charge on any atom is -0.550 e. The number of aliphatic carboxylic acids is 1. The van der Waals surface area contributed by atoms with Crippen LogP contribution in [0.1, 0.15) is 62.2 Å². The number of nitrogens with zero attached hydrogens (tertiary/aromatic N) is 2. The Morgan fingerprint density at radius 1 is 1.19 bits per heavy atom. The van der Waals surface area contributed by atoms with Gasteiger partial charge in [0.15, 0.2) is 0 Å². The van der Waals surface area contributed by atoms with Crippen LogP contribution in [-0.2, 0) is 16.6 Å². The molecule has 0 amide bonds. The third-order valence-electron chi connectivity index (χ3n) is 4.67. The molecule has 0 saturated heterocycles. The highest BCUT2D eigenvalue weighted by atomic mass is 16.5. The van der Waals surface area contributed by atoms with Gasteiger partial charge in [-0.3, -0.25) is 4.98 Å². The highest BCUT2D eigenvalue weighted by Gasteiger charge is 2.39. The molecule has 27 heavy (non-hydrogen) atoms. The van der Waals surface area contributed by atoms with E-state index in [1.807, 2.05) is 6.92 Å². The van der Waals surface area contributed by atoms with E-state index in [0.29, 0.717) is 11.4 Å². The molecule has 0 aliphatic carbocycles. The lowest BCUT2D eigenvalue weighted by atomic mass is 9.73. The highest BCUT2D eigenvalue weighted by Crippen LogP contribution is 2.45. The summed E-state index contributed by atoms with van der Waals surface area (Å²) in [6.07, 6.45) is 3.57. The van der Waals surface area contributed by atoms with Crippen LogP contribution in [0.15, 0.2) is 24.5 Å². The normalized spacial score (nSPS) is 16.5. The van der Waals surface area contributed by atoms with Crippen LogP contribution < -0.4 is 9.84 Å². The molecule has 0 fully saturated rings. The van der Waals surface area contributed by atoms with E-state index in [1.54, 1.807) is 0 Å². The standard InChI is InChI=1S/C22H24N2O3/c1-14-8-19-18(21(2,3)13-22(4,5)27-19)9-15(14)6-7-16-11-24-17(12-23-16)10-20(25)26/h8-9,11-12H,10,13H2,1-5H3,(H,25,26)/p-1. The number of carboxylic acid groups (broad SMARTS) is 1. The molecule has 0 atom stereocenters. The highest BCUT2D eigenvalue weighted by molar-refractivity contribution is 5.67. The van der Waals surface area contributed by atoms with Gasteiger partial charge in [-0.1, -0.05) is 19.8 Å². The van der Waals surface area contributed by atoms with Crippen LogP contribution in [0.5, 0.6) is 5.75 Å². The van der Waals surface area contributed by atoms with Crippen LogP contribution in [0.25, 0.3) is 0 Å². The molecule has 2 heterocycles. The number of carboxylic acids is 1. The van der Waals surface area contributed by atoms with Gasteiger partial charge in [0.1, 0.15) is 17.0 Å². The number of carbonyl (C=O) groups is 1.